The summed E-state index contributed by atoms with van der Waals surface area (Å²) in [6, 6.07) is 7.19. The SMILES string of the molecule is Cc1occc1C(=O)NNC(=O)c1oc2c(c1C)/C(=N/NC(=O)Cc1ccc([N+](=O)[O-])cc1)CCC2. The second-order valence-corrected chi connectivity index (χ2v) is 8.20. The fourth-order valence-corrected chi connectivity index (χ4v) is 3.95. The van der Waals surface area contributed by atoms with E-state index in [4.69, 9.17) is 8.83 Å². The fraction of sp³-hybridized carbons (Fsp3) is 0.250. The van der Waals surface area contributed by atoms with Crippen molar-refractivity contribution in [2.75, 3.05) is 0 Å². The van der Waals surface area contributed by atoms with Gasteiger partial charge in [-0.2, -0.15) is 5.10 Å². The number of nitro groups is 1. The minimum absolute atomic E-state index is 0.00447. The van der Waals surface area contributed by atoms with Gasteiger partial charge in [-0.25, -0.2) is 5.43 Å². The number of carbonyl (C=O) groups excluding carboxylic acids is 3. The van der Waals surface area contributed by atoms with Crippen molar-refractivity contribution in [3.05, 3.63) is 86.2 Å². The van der Waals surface area contributed by atoms with Crippen molar-refractivity contribution in [1.29, 1.82) is 0 Å². The minimum Gasteiger partial charge on any atom is -0.469 e. The molecule has 36 heavy (non-hydrogen) atoms. The first-order valence-electron chi connectivity index (χ1n) is 11.1. The van der Waals surface area contributed by atoms with Crippen molar-refractivity contribution in [3.63, 3.8) is 0 Å². The first-order valence-corrected chi connectivity index (χ1v) is 11.1. The smallest absolute Gasteiger partial charge is 0.305 e. The number of amides is 3. The van der Waals surface area contributed by atoms with Crippen LogP contribution in [0.15, 0.2) is 50.5 Å². The normalized spacial score (nSPS) is 13.7. The summed E-state index contributed by atoms with van der Waals surface area (Å²) in [5, 5.41) is 15.0. The number of nitrogens with zero attached hydrogens (tertiary/aromatic N) is 2. The van der Waals surface area contributed by atoms with E-state index >= 15 is 0 Å². The highest BCUT2D eigenvalue weighted by atomic mass is 16.6. The molecule has 3 amide bonds. The Morgan fingerprint density at radius 1 is 1.06 bits per heavy atom. The van der Waals surface area contributed by atoms with Gasteiger partial charge >= 0.3 is 5.91 Å². The number of hydrogen-bond donors (Lipinski definition) is 3. The van der Waals surface area contributed by atoms with Gasteiger partial charge in [-0.05, 0) is 38.3 Å². The van der Waals surface area contributed by atoms with E-state index in [0.717, 1.165) is 0 Å². The van der Waals surface area contributed by atoms with E-state index in [1.165, 1.54) is 36.6 Å². The quantitative estimate of drug-likeness (QED) is 0.350. The third-order valence-electron chi connectivity index (χ3n) is 5.75. The molecule has 0 saturated carbocycles. The van der Waals surface area contributed by atoms with Crippen molar-refractivity contribution < 1.29 is 28.1 Å². The first kappa shape index (κ1) is 24.4. The van der Waals surface area contributed by atoms with Crippen LogP contribution >= 0.6 is 0 Å². The monoisotopic (exact) mass is 493 g/mol. The highest BCUT2D eigenvalue weighted by molar-refractivity contribution is 6.07. The zero-order valence-corrected chi connectivity index (χ0v) is 19.5. The van der Waals surface area contributed by atoms with Crippen LogP contribution in [0.3, 0.4) is 0 Å². The van der Waals surface area contributed by atoms with Gasteiger partial charge in [-0.3, -0.25) is 35.3 Å². The van der Waals surface area contributed by atoms with Gasteiger partial charge in [0, 0.05) is 29.7 Å². The molecule has 0 spiro atoms. The molecular formula is C24H23N5O7. The van der Waals surface area contributed by atoms with Crippen LogP contribution in [0, 0.1) is 24.0 Å². The van der Waals surface area contributed by atoms with Crippen LogP contribution < -0.4 is 16.3 Å². The maximum Gasteiger partial charge on any atom is 0.305 e. The second kappa shape index (κ2) is 10.3. The van der Waals surface area contributed by atoms with E-state index in [9.17, 15) is 24.5 Å². The molecule has 0 unspecified atom stereocenters. The summed E-state index contributed by atoms with van der Waals surface area (Å²) in [4.78, 5) is 47.5. The largest absolute Gasteiger partial charge is 0.469 e. The Morgan fingerprint density at radius 3 is 2.44 bits per heavy atom. The number of hydrogen-bond acceptors (Lipinski definition) is 8. The summed E-state index contributed by atoms with van der Waals surface area (Å²) in [7, 11) is 0. The van der Waals surface area contributed by atoms with E-state index in [-0.39, 0.29) is 23.8 Å². The molecule has 2 aromatic heterocycles. The van der Waals surface area contributed by atoms with E-state index in [0.29, 0.717) is 58.7 Å². The molecule has 0 saturated heterocycles. The van der Waals surface area contributed by atoms with Gasteiger partial charge in [0.2, 0.25) is 5.91 Å². The Balaban J connectivity index is 1.42. The molecule has 186 valence electrons. The Hall–Kier alpha value is -4.74. The number of rotatable bonds is 6. The number of nitro benzene ring substituents is 1. The number of benzene rings is 1. The topological polar surface area (TPSA) is 169 Å². The maximum atomic E-state index is 12.7. The lowest BCUT2D eigenvalue weighted by atomic mass is 9.93. The Morgan fingerprint density at radius 2 is 1.78 bits per heavy atom. The van der Waals surface area contributed by atoms with Crippen molar-refractivity contribution >= 4 is 29.1 Å². The summed E-state index contributed by atoms with van der Waals surface area (Å²) in [6.07, 6.45) is 3.26. The van der Waals surface area contributed by atoms with Gasteiger partial charge < -0.3 is 8.83 Å². The van der Waals surface area contributed by atoms with Crippen LogP contribution in [-0.2, 0) is 17.6 Å². The number of aryl methyl sites for hydroxylation is 2. The average Bonchev–Trinajstić information content (AvgIpc) is 3.44. The predicted molar refractivity (Wildman–Crippen MR) is 126 cm³/mol. The standard InChI is InChI=1S/C24H23N5O7/c1-13-21-18(25-26-20(30)12-15-6-8-16(9-7-15)29(33)34)4-3-5-19(21)36-22(13)24(32)28-27-23(31)17-10-11-35-14(17)2/h6-11H,3-5,12H2,1-2H3,(H,26,30)(H,27,31)(H,28,32)/b25-18+. The van der Waals surface area contributed by atoms with Crippen molar-refractivity contribution in [1.82, 2.24) is 16.3 Å². The molecule has 12 nitrogen and oxygen atoms in total. The van der Waals surface area contributed by atoms with Gasteiger partial charge in [0.05, 0.1) is 28.9 Å². The molecule has 0 aliphatic heterocycles. The van der Waals surface area contributed by atoms with Gasteiger partial charge in [-0.15, -0.1) is 0 Å². The molecular weight excluding hydrogens is 470 g/mol. The highest BCUT2D eigenvalue weighted by Gasteiger charge is 2.28. The summed E-state index contributed by atoms with van der Waals surface area (Å²) < 4.78 is 10.9. The third-order valence-corrected chi connectivity index (χ3v) is 5.75. The van der Waals surface area contributed by atoms with Crippen molar-refractivity contribution in [2.45, 2.75) is 39.5 Å². The molecule has 1 aromatic carbocycles. The van der Waals surface area contributed by atoms with Gasteiger partial charge in [-0.1, -0.05) is 12.1 Å². The average molecular weight is 493 g/mol. The zero-order valence-electron chi connectivity index (χ0n) is 19.5. The summed E-state index contributed by atoms with van der Waals surface area (Å²) >= 11 is 0. The zero-order chi connectivity index (χ0) is 25.8. The van der Waals surface area contributed by atoms with Crippen molar-refractivity contribution in [3.8, 4) is 0 Å². The molecule has 3 N–H and O–H groups in total. The fourth-order valence-electron chi connectivity index (χ4n) is 3.95. The Bertz CT molecular complexity index is 1370. The second-order valence-electron chi connectivity index (χ2n) is 8.20. The van der Waals surface area contributed by atoms with Crippen LogP contribution in [0.2, 0.25) is 0 Å². The number of hydrazine groups is 1. The number of carbonyl (C=O) groups is 3. The number of nitrogens with one attached hydrogen (secondary N) is 3. The predicted octanol–water partition coefficient (Wildman–Crippen LogP) is 2.87. The van der Waals surface area contributed by atoms with E-state index in [2.05, 4.69) is 21.4 Å². The van der Waals surface area contributed by atoms with Crippen LogP contribution in [-0.4, -0.2) is 28.4 Å². The number of fused-ring (bicyclic) bond motifs is 1. The summed E-state index contributed by atoms with van der Waals surface area (Å²) in [5.74, 6) is -0.512. The molecule has 0 fully saturated rings. The number of non-ortho nitro benzene ring substituents is 1. The van der Waals surface area contributed by atoms with Crippen LogP contribution in [0.25, 0.3) is 0 Å². The summed E-state index contributed by atoms with van der Waals surface area (Å²) in [6.45, 7) is 3.34. The molecule has 0 atom stereocenters. The Labute approximate surface area is 204 Å². The Kier molecular flexibility index (Phi) is 6.95. The van der Waals surface area contributed by atoms with Gasteiger partial charge in [0.25, 0.3) is 11.6 Å². The number of furan rings is 2. The van der Waals surface area contributed by atoms with E-state index in [1.807, 2.05) is 0 Å². The lowest BCUT2D eigenvalue weighted by molar-refractivity contribution is -0.384. The molecule has 1 aliphatic carbocycles. The number of hydrazone groups is 1. The lowest BCUT2D eigenvalue weighted by Gasteiger charge is -2.13. The molecule has 0 radical (unpaired) electrons. The molecule has 2 heterocycles. The van der Waals surface area contributed by atoms with Crippen LogP contribution in [0.1, 0.15) is 62.0 Å². The molecule has 3 aromatic rings. The van der Waals surface area contributed by atoms with Gasteiger partial charge in [0.1, 0.15) is 11.5 Å². The maximum absolute atomic E-state index is 12.7. The van der Waals surface area contributed by atoms with Crippen LogP contribution in [0.4, 0.5) is 5.69 Å². The first-order chi connectivity index (χ1) is 17.2. The van der Waals surface area contributed by atoms with E-state index < -0.39 is 16.7 Å². The third kappa shape index (κ3) is 5.17. The highest BCUT2D eigenvalue weighted by Crippen LogP contribution is 2.29. The minimum atomic E-state index is -0.627. The van der Waals surface area contributed by atoms with Gasteiger partial charge in [0.15, 0.2) is 5.76 Å². The molecule has 4 rings (SSSR count). The van der Waals surface area contributed by atoms with Crippen molar-refractivity contribution in [2.24, 2.45) is 5.10 Å². The molecule has 12 heteroatoms. The van der Waals surface area contributed by atoms with E-state index in [1.54, 1.807) is 13.8 Å². The molecule has 1 aliphatic rings. The summed E-state index contributed by atoms with van der Waals surface area (Å²) in [5.41, 5.74) is 9.80. The van der Waals surface area contributed by atoms with Crippen LogP contribution in [0.5, 0.6) is 0 Å². The molecule has 0 bridgehead atoms. The lowest BCUT2D eigenvalue weighted by Crippen LogP contribution is -2.41.